The number of unbranched alkanes of at least 4 members (excludes halogenated alkanes) is 4. The van der Waals surface area contributed by atoms with Crippen molar-refractivity contribution in [3.8, 4) is 0 Å². The average molecular weight is 334 g/mol. The Bertz CT molecular complexity index is 280. The van der Waals surface area contributed by atoms with Gasteiger partial charge in [-0.2, -0.15) is 0 Å². The standard InChI is InChI=1S/C13H19IO2/c1-2-3-4-5-6-9-13(14)16-12-8-7-10-15-11-12/h7-10H,2-6,11H2,1H3/b13-9-. The van der Waals surface area contributed by atoms with E-state index >= 15 is 0 Å². The highest BCUT2D eigenvalue weighted by Crippen LogP contribution is 2.17. The molecule has 0 saturated carbocycles. The molecule has 1 aliphatic heterocycles. The second-order valence-corrected chi connectivity index (χ2v) is 4.80. The molecule has 0 aromatic heterocycles. The van der Waals surface area contributed by atoms with E-state index in [2.05, 4.69) is 35.6 Å². The molecule has 16 heavy (non-hydrogen) atoms. The average Bonchev–Trinajstić information content (AvgIpc) is 2.30. The maximum absolute atomic E-state index is 5.63. The van der Waals surface area contributed by atoms with Gasteiger partial charge < -0.3 is 9.47 Å². The summed E-state index contributed by atoms with van der Waals surface area (Å²) in [6.07, 6.45) is 13.9. The first-order valence-electron chi connectivity index (χ1n) is 5.83. The second kappa shape index (κ2) is 8.67. The van der Waals surface area contributed by atoms with Crippen molar-refractivity contribution in [2.24, 2.45) is 0 Å². The molecule has 0 unspecified atom stereocenters. The minimum Gasteiger partial charge on any atom is -0.493 e. The summed E-state index contributed by atoms with van der Waals surface area (Å²) in [5, 5.41) is 0. The predicted molar refractivity (Wildman–Crippen MR) is 75.1 cm³/mol. The van der Waals surface area contributed by atoms with Gasteiger partial charge in [0.05, 0.1) is 6.26 Å². The molecule has 1 aliphatic rings. The lowest BCUT2D eigenvalue weighted by atomic mass is 10.1. The second-order valence-electron chi connectivity index (χ2n) is 3.73. The summed E-state index contributed by atoms with van der Waals surface area (Å²) in [6.45, 7) is 2.76. The number of hydrogen-bond donors (Lipinski definition) is 0. The predicted octanol–water partition coefficient (Wildman–Crippen LogP) is 4.68. The quantitative estimate of drug-likeness (QED) is 0.382. The number of hydrogen-bond acceptors (Lipinski definition) is 2. The molecule has 2 nitrogen and oxygen atoms in total. The fourth-order valence-corrected chi connectivity index (χ4v) is 1.99. The third-order valence-electron chi connectivity index (χ3n) is 2.27. The van der Waals surface area contributed by atoms with E-state index in [9.17, 15) is 0 Å². The maximum atomic E-state index is 5.63. The lowest BCUT2D eigenvalue weighted by Gasteiger charge is -2.11. The van der Waals surface area contributed by atoms with Crippen LogP contribution in [-0.4, -0.2) is 6.61 Å². The Balaban J connectivity index is 2.18. The minimum atomic E-state index is 0.534. The van der Waals surface area contributed by atoms with E-state index in [4.69, 9.17) is 9.47 Å². The fraction of sp³-hybridized carbons (Fsp3) is 0.538. The number of halogens is 1. The first-order chi connectivity index (χ1) is 7.83. The molecule has 0 N–H and O–H groups in total. The molecule has 3 heteroatoms. The van der Waals surface area contributed by atoms with Gasteiger partial charge in [-0.25, -0.2) is 0 Å². The van der Waals surface area contributed by atoms with Crippen molar-refractivity contribution in [2.75, 3.05) is 6.61 Å². The van der Waals surface area contributed by atoms with E-state index in [0.29, 0.717) is 6.61 Å². The van der Waals surface area contributed by atoms with Crippen LogP contribution in [0.5, 0.6) is 0 Å². The Morgan fingerprint density at radius 2 is 2.38 bits per heavy atom. The smallest absolute Gasteiger partial charge is 0.160 e. The van der Waals surface area contributed by atoms with Crippen LogP contribution in [0.15, 0.2) is 34.0 Å². The van der Waals surface area contributed by atoms with Crippen molar-refractivity contribution in [2.45, 2.75) is 39.0 Å². The van der Waals surface area contributed by atoms with Crippen LogP contribution in [0, 0.1) is 0 Å². The van der Waals surface area contributed by atoms with Gasteiger partial charge in [-0.15, -0.1) is 0 Å². The molecule has 0 aromatic rings. The first kappa shape index (κ1) is 13.6. The van der Waals surface area contributed by atoms with Gasteiger partial charge in [0.15, 0.2) is 3.77 Å². The van der Waals surface area contributed by atoms with Gasteiger partial charge in [-0.05, 0) is 53.7 Å². The molecule has 0 amide bonds. The van der Waals surface area contributed by atoms with Gasteiger partial charge in [0.1, 0.15) is 12.4 Å². The molecule has 0 atom stereocenters. The van der Waals surface area contributed by atoms with Crippen LogP contribution in [0.2, 0.25) is 0 Å². The summed E-state index contributed by atoms with van der Waals surface area (Å²) in [7, 11) is 0. The Morgan fingerprint density at radius 1 is 1.50 bits per heavy atom. The SMILES string of the molecule is CCCCCC/C=C(/I)OC1=CC=COC1. The Hall–Kier alpha value is -0.450. The van der Waals surface area contributed by atoms with E-state index < -0.39 is 0 Å². The molecule has 0 spiro atoms. The lowest BCUT2D eigenvalue weighted by molar-refractivity contribution is 0.202. The minimum absolute atomic E-state index is 0.534. The van der Waals surface area contributed by atoms with E-state index in [1.807, 2.05) is 12.2 Å². The Labute approximate surface area is 112 Å². The summed E-state index contributed by atoms with van der Waals surface area (Å²) < 4.78 is 11.7. The molecule has 90 valence electrons. The third kappa shape index (κ3) is 6.20. The van der Waals surface area contributed by atoms with E-state index in [1.165, 1.54) is 25.7 Å². The summed E-state index contributed by atoms with van der Waals surface area (Å²) in [5.74, 6) is 0.872. The van der Waals surface area contributed by atoms with Crippen LogP contribution in [0.1, 0.15) is 39.0 Å². The van der Waals surface area contributed by atoms with E-state index in [0.717, 1.165) is 15.9 Å². The topological polar surface area (TPSA) is 18.5 Å². The van der Waals surface area contributed by atoms with Crippen LogP contribution in [0.25, 0.3) is 0 Å². The summed E-state index contributed by atoms with van der Waals surface area (Å²) in [4.78, 5) is 0. The zero-order valence-electron chi connectivity index (χ0n) is 9.75. The Kier molecular flexibility index (Phi) is 7.38. The van der Waals surface area contributed by atoms with Crippen LogP contribution in [0.4, 0.5) is 0 Å². The number of rotatable bonds is 7. The van der Waals surface area contributed by atoms with Crippen LogP contribution < -0.4 is 0 Å². The van der Waals surface area contributed by atoms with E-state index in [-0.39, 0.29) is 0 Å². The van der Waals surface area contributed by atoms with Crippen LogP contribution in [-0.2, 0) is 9.47 Å². The van der Waals surface area contributed by atoms with Crippen molar-refractivity contribution in [3.05, 3.63) is 34.0 Å². The molecule has 0 aromatic carbocycles. The monoisotopic (exact) mass is 334 g/mol. The zero-order chi connectivity index (χ0) is 11.6. The van der Waals surface area contributed by atoms with Crippen molar-refractivity contribution < 1.29 is 9.47 Å². The summed E-state index contributed by atoms with van der Waals surface area (Å²) >= 11 is 2.22. The first-order valence-corrected chi connectivity index (χ1v) is 6.91. The van der Waals surface area contributed by atoms with Gasteiger partial charge in [0.2, 0.25) is 0 Å². The molecule has 0 radical (unpaired) electrons. The highest BCUT2D eigenvalue weighted by atomic mass is 127. The number of allylic oxidation sites excluding steroid dienone is 3. The molecule has 0 bridgehead atoms. The Morgan fingerprint density at radius 3 is 3.06 bits per heavy atom. The third-order valence-corrected chi connectivity index (χ3v) is 2.93. The highest BCUT2D eigenvalue weighted by molar-refractivity contribution is 14.1. The maximum Gasteiger partial charge on any atom is 0.160 e. The van der Waals surface area contributed by atoms with Gasteiger partial charge >= 0.3 is 0 Å². The largest absolute Gasteiger partial charge is 0.493 e. The molecule has 0 saturated heterocycles. The molecular formula is C13H19IO2. The molecular weight excluding hydrogens is 315 g/mol. The fourth-order valence-electron chi connectivity index (χ4n) is 1.40. The normalized spacial score (nSPS) is 15.6. The van der Waals surface area contributed by atoms with Crippen molar-refractivity contribution in [1.29, 1.82) is 0 Å². The molecule has 1 heterocycles. The molecule has 1 rings (SSSR count). The van der Waals surface area contributed by atoms with Gasteiger partial charge in [0, 0.05) is 0 Å². The van der Waals surface area contributed by atoms with E-state index in [1.54, 1.807) is 6.26 Å². The van der Waals surface area contributed by atoms with Crippen LogP contribution >= 0.6 is 22.6 Å². The summed E-state index contributed by atoms with van der Waals surface area (Å²) in [5.41, 5.74) is 0. The lowest BCUT2D eigenvalue weighted by Crippen LogP contribution is -1.99. The van der Waals surface area contributed by atoms with Crippen molar-refractivity contribution in [3.63, 3.8) is 0 Å². The van der Waals surface area contributed by atoms with Gasteiger partial charge in [0.25, 0.3) is 0 Å². The molecule has 0 aliphatic carbocycles. The highest BCUT2D eigenvalue weighted by Gasteiger charge is 2.02. The molecule has 0 fully saturated rings. The van der Waals surface area contributed by atoms with Gasteiger partial charge in [-0.1, -0.05) is 26.2 Å². The number of ether oxygens (including phenoxy) is 2. The summed E-state index contributed by atoms with van der Waals surface area (Å²) in [6, 6.07) is 0. The van der Waals surface area contributed by atoms with Crippen molar-refractivity contribution >= 4 is 22.6 Å². The zero-order valence-corrected chi connectivity index (χ0v) is 11.9. The van der Waals surface area contributed by atoms with Crippen molar-refractivity contribution in [1.82, 2.24) is 0 Å². The van der Waals surface area contributed by atoms with Crippen LogP contribution in [0.3, 0.4) is 0 Å². The van der Waals surface area contributed by atoms with Gasteiger partial charge in [-0.3, -0.25) is 0 Å².